The zero-order valence-corrected chi connectivity index (χ0v) is 9.29. The van der Waals surface area contributed by atoms with Crippen LogP contribution in [0.2, 0.25) is 0 Å². The van der Waals surface area contributed by atoms with Gasteiger partial charge in [-0.15, -0.1) is 5.10 Å². The van der Waals surface area contributed by atoms with Gasteiger partial charge in [0.2, 0.25) is 5.89 Å². The van der Waals surface area contributed by atoms with Crippen molar-refractivity contribution in [2.24, 2.45) is 5.92 Å². The number of hydrogen-bond donors (Lipinski definition) is 2. The van der Waals surface area contributed by atoms with Gasteiger partial charge >= 0.3 is 6.01 Å². The Morgan fingerprint density at radius 3 is 2.93 bits per heavy atom. The third-order valence-corrected chi connectivity index (χ3v) is 2.59. The van der Waals surface area contributed by atoms with Crippen molar-refractivity contribution >= 4 is 6.01 Å². The van der Waals surface area contributed by atoms with Gasteiger partial charge in [-0.2, -0.15) is 0 Å². The van der Waals surface area contributed by atoms with Gasteiger partial charge in [-0.05, 0) is 25.3 Å². The molecule has 1 aromatic rings. The van der Waals surface area contributed by atoms with Crippen LogP contribution in [0, 0.1) is 5.92 Å². The highest BCUT2D eigenvalue weighted by Gasteiger charge is 2.33. The summed E-state index contributed by atoms with van der Waals surface area (Å²) in [6.07, 6.45) is 2.31. The highest BCUT2D eigenvalue weighted by Crippen LogP contribution is 2.32. The van der Waals surface area contributed by atoms with Gasteiger partial charge in [0.15, 0.2) is 0 Å². The number of aromatic nitrogens is 2. The standard InChI is InChI=1S/C10H18N4O/c1-3-4-11-6-9-13-14-10(15-9)12-8-5-7(8)2/h7-8,11H,3-6H2,1-2H3,(H,12,14). The molecule has 0 aliphatic heterocycles. The maximum Gasteiger partial charge on any atom is 0.315 e. The predicted molar refractivity (Wildman–Crippen MR) is 57.5 cm³/mol. The Kier molecular flexibility index (Phi) is 3.20. The first-order valence-corrected chi connectivity index (χ1v) is 5.59. The molecule has 1 aliphatic carbocycles. The number of nitrogens with zero attached hydrogens (tertiary/aromatic N) is 2. The zero-order chi connectivity index (χ0) is 10.7. The fraction of sp³-hybridized carbons (Fsp3) is 0.800. The molecule has 2 atom stereocenters. The summed E-state index contributed by atoms with van der Waals surface area (Å²) < 4.78 is 5.43. The van der Waals surface area contributed by atoms with Crippen molar-refractivity contribution in [3.8, 4) is 0 Å². The quantitative estimate of drug-likeness (QED) is 0.695. The first-order chi connectivity index (χ1) is 7.29. The van der Waals surface area contributed by atoms with E-state index in [4.69, 9.17) is 4.42 Å². The summed E-state index contributed by atoms with van der Waals surface area (Å²) in [5.41, 5.74) is 0. The largest absolute Gasteiger partial charge is 0.407 e. The molecule has 2 unspecified atom stereocenters. The Bertz CT molecular complexity index is 312. The van der Waals surface area contributed by atoms with Crippen molar-refractivity contribution in [3.63, 3.8) is 0 Å². The van der Waals surface area contributed by atoms with E-state index in [-0.39, 0.29) is 0 Å². The minimum atomic E-state index is 0.530. The molecule has 0 radical (unpaired) electrons. The van der Waals surface area contributed by atoms with Crippen LogP contribution in [-0.2, 0) is 6.54 Å². The van der Waals surface area contributed by atoms with Gasteiger partial charge in [-0.3, -0.25) is 0 Å². The lowest BCUT2D eigenvalue weighted by molar-refractivity contribution is 0.476. The van der Waals surface area contributed by atoms with Crippen LogP contribution in [0.1, 0.15) is 32.6 Å². The number of anilines is 1. The van der Waals surface area contributed by atoms with Crippen LogP contribution in [0.25, 0.3) is 0 Å². The number of rotatable bonds is 6. The molecule has 1 heterocycles. The number of hydrogen-bond acceptors (Lipinski definition) is 5. The van der Waals surface area contributed by atoms with Crippen LogP contribution in [-0.4, -0.2) is 22.8 Å². The van der Waals surface area contributed by atoms with Crippen molar-refractivity contribution in [2.75, 3.05) is 11.9 Å². The summed E-state index contributed by atoms with van der Waals surface area (Å²) in [4.78, 5) is 0. The summed E-state index contributed by atoms with van der Waals surface area (Å²) in [5, 5.41) is 14.3. The summed E-state index contributed by atoms with van der Waals surface area (Å²) >= 11 is 0. The molecule has 2 N–H and O–H groups in total. The van der Waals surface area contributed by atoms with Crippen LogP contribution in [0.4, 0.5) is 6.01 Å². The van der Waals surface area contributed by atoms with E-state index in [1.54, 1.807) is 0 Å². The maximum atomic E-state index is 5.43. The summed E-state index contributed by atoms with van der Waals surface area (Å²) in [7, 11) is 0. The van der Waals surface area contributed by atoms with E-state index in [9.17, 15) is 0 Å². The Balaban J connectivity index is 1.76. The van der Waals surface area contributed by atoms with Crippen LogP contribution in [0.3, 0.4) is 0 Å². The second-order valence-electron chi connectivity index (χ2n) is 4.14. The SMILES string of the molecule is CCCNCc1nnc(NC2CC2C)o1. The highest BCUT2D eigenvalue weighted by molar-refractivity contribution is 5.23. The minimum Gasteiger partial charge on any atom is -0.407 e. The smallest absolute Gasteiger partial charge is 0.315 e. The van der Waals surface area contributed by atoms with Crippen molar-refractivity contribution in [1.29, 1.82) is 0 Å². The Morgan fingerprint density at radius 1 is 1.47 bits per heavy atom. The van der Waals surface area contributed by atoms with Crippen LogP contribution >= 0.6 is 0 Å². The highest BCUT2D eigenvalue weighted by atomic mass is 16.4. The lowest BCUT2D eigenvalue weighted by Gasteiger charge is -1.97. The van der Waals surface area contributed by atoms with E-state index in [2.05, 4.69) is 34.7 Å². The van der Waals surface area contributed by atoms with Crippen molar-refractivity contribution < 1.29 is 4.42 Å². The molecule has 2 rings (SSSR count). The molecule has 1 fully saturated rings. The summed E-state index contributed by atoms with van der Waals surface area (Å²) in [6, 6.07) is 1.08. The van der Waals surface area contributed by atoms with Crippen LogP contribution in [0.5, 0.6) is 0 Å². The molecule has 1 saturated carbocycles. The van der Waals surface area contributed by atoms with E-state index >= 15 is 0 Å². The minimum absolute atomic E-state index is 0.530. The second-order valence-corrected chi connectivity index (χ2v) is 4.14. The molecule has 0 spiro atoms. The van der Waals surface area contributed by atoms with E-state index in [1.165, 1.54) is 6.42 Å². The third kappa shape index (κ3) is 2.92. The zero-order valence-electron chi connectivity index (χ0n) is 9.29. The monoisotopic (exact) mass is 210 g/mol. The van der Waals surface area contributed by atoms with Gasteiger partial charge in [-0.25, -0.2) is 0 Å². The molecular weight excluding hydrogens is 192 g/mol. The first-order valence-electron chi connectivity index (χ1n) is 5.59. The third-order valence-electron chi connectivity index (χ3n) is 2.59. The number of nitrogens with one attached hydrogen (secondary N) is 2. The molecule has 0 amide bonds. The Hall–Kier alpha value is -1.10. The van der Waals surface area contributed by atoms with Crippen LogP contribution in [0.15, 0.2) is 4.42 Å². The topological polar surface area (TPSA) is 63.0 Å². The summed E-state index contributed by atoms with van der Waals surface area (Å²) in [6.45, 7) is 5.97. The van der Waals surface area contributed by atoms with Gasteiger partial charge in [0.25, 0.3) is 0 Å². The molecule has 0 aromatic carbocycles. The van der Waals surface area contributed by atoms with Gasteiger partial charge in [0.05, 0.1) is 6.54 Å². The Morgan fingerprint density at radius 2 is 2.27 bits per heavy atom. The van der Waals surface area contributed by atoms with E-state index in [0.29, 0.717) is 24.5 Å². The van der Waals surface area contributed by atoms with E-state index in [0.717, 1.165) is 18.9 Å². The molecule has 0 bridgehead atoms. The van der Waals surface area contributed by atoms with Crippen molar-refractivity contribution in [3.05, 3.63) is 5.89 Å². The van der Waals surface area contributed by atoms with Crippen molar-refractivity contribution in [2.45, 2.75) is 39.3 Å². The average Bonchev–Trinajstić information content (AvgIpc) is 2.74. The Labute approximate surface area is 89.6 Å². The van der Waals surface area contributed by atoms with Gasteiger partial charge in [-0.1, -0.05) is 18.9 Å². The second kappa shape index (κ2) is 4.61. The molecule has 0 saturated heterocycles. The maximum absolute atomic E-state index is 5.43. The van der Waals surface area contributed by atoms with Crippen molar-refractivity contribution in [1.82, 2.24) is 15.5 Å². The molecule has 15 heavy (non-hydrogen) atoms. The van der Waals surface area contributed by atoms with Crippen LogP contribution < -0.4 is 10.6 Å². The fourth-order valence-corrected chi connectivity index (χ4v) is 1.44. The van der Waals surface area contributed by atoms with E-state index in [1.807, 2.05) is 0 Å². The molecule has 1 aromatic heterocycles. The lowest BCUT2D eigenvalue weighted by Crippen LogP contribution is -2.13. The molecule has 5 nitrogen and oxygen atoms in total. The molecule has 5 heteroatoms. The molecule has 84 valence electrons. The molecule has 1 aliphatic rings. The first kappa shape index (κ1) is 10.4. The van der Waals surface area contributed by atoms with Gasteiger partial charge < -0.3 is 15.1 Å². The van der Waals surface area contributed by atoms with E-state index < -0.39 is 0 Å². The summed E-state index contributed by atoms with van der Waals surface area (Å²) in [5.74, 6) is 1.39. The normalized spacial score (nSPS) is 24.1. The van der Waals surface area contributed by atoms with Gasteiger partial charge in [0.1, 0.15) is 0 Å². The fourth-order valence-electron chi connectivity index (χ4n) is 1.44. The lowest BCUT2D eigenvalue weighted by atomic mass is 10.5. The predicted octanol–water partition coefficient (Wildman–Crippen LogP) is 1.39. The molecular formula is C10H18N4O. The average molecular weight is 210 g/mol. The van der Waals surface area contributed by atoms with Gasteiger partial charge in [0, 0.05) is 6.04 Å².